The summed E-state index contributed by atoms with van der Waals surface area (Å²) < 4.78 is 21.5. The molecule has 128 valence electrons. The predicted octanol–water partition coefficient (Wildman–Crippen LogP) is 2.40. The number of nitrogens with zero attached hydrogens (tertiary/aromatic N) is 3. The van der Waals surface area contributed by atoms with E-state index in [1.165, 1.54) is 12.1 Å². The summed E-state index contributed by atoms with van der Waals surface area (Å²) in [6.45, 7) is 3.49. The van der Waals surface area contributed by atoms with Crippen molar-refractivity contribution in [3.8, 4) is 0 Å². The molecule has 0 bridgehead atoms. The standard InChI is InChI=1S/C18H23FN4O/c1-22-8-6-20-17(22)11-23-7-5-18(13-23)10-16(12-24-18)21-15-4-2-3-14(19)9-15/h2-4,6,8-9,16,21H,5,7,10-13H2,1H3/t16-,18-/m0/s1. The Labute approximate surface area is 141 Å². The molecule has 0 amide bonds. The fourth-order valence-electron chi connectivity index (χ4n) is 3.85. The largest absolute Gasteiger partial charge is 0.380 e. The molecule has 6 heteroatoms. The summed E-state index contributed by atoms with van der Waals surface area (Å²) >= 11 is 0. The van der Waals surface area contributed by atoms with Crippen molar-refractivity contribution in [1.29, 1.82) is 0 Å². The van der Waals surface area contributed by atoms with Crippen molar-refractivity contribution >= 4 is 5.69 Å². The topological polar surface area (TPSA) is 42.3 Å². The SMILES string of the molecule is Cn1ccnc1CN1CC[C@]2(C[C@H](Nc3cccc(F)c3)CO2)C1. The van der Waals surface area contributed by atoms with Gasteiger partial charge in [-0.05, 0) is 24.6 Å². The number of imidazole rings is 1. The van der Waals surface area contributed by atoms with E-state index >= 15 is 0 Å². The Morgan fingerprint density at radius 2 is 2.38 bits per heavy atom. The smallest absolute Gasteiger partial charge is 0.125 e. The van der Waals surface area contributed by atoms with Crippen LogP contribution in [0.15, 0.2) is 36.7 Å². The second-order valence-electron chi connectivity index (χ2n) is 6.96. The summed E-state index contributed by atoms with van der Waals surface area (Å²) in [6.07, 6.45) is 5.82. The summed E-state index contributed by atoms with van der Waals surface area (Å²) in [5.74, 6) is 0.871. The molecule has 2 atom stereocenters. The van der Waals surface area contributed by atoms with Crippen LogP contribution in [0.1, 0.15) is 18.7 Å². The van der Waals surface area contributed by atoms with E-state index in [1.54, 1.807) is 6.07 Å². The zero-order valence-corrected chi connectivity index (χ0v) is 13.9. The van der Waals surface area contributed by atoms with E-state index < -0.39 is 0 Å². The third-order valence-electron chi connectivity index (χ3n) is 5.09. The highest BCUT2D eigenvalue weighted by molar-refractivity contribution is 5.44. The second kappa shape index (κ2) is 6.18. The van der Waals surface area contributed by atoms with Crippen molar-refractivity contribution in [2.75, 3.05) is 25.0 Å². The molecule has 0 radical (unpaired) electrons. The minimum absolute atomic E-state index is 0.0733. The Morgan fingerprint density at radius 1 is 1.46 bits per heavy atom. The monoisotopic (exact) mass is 330 g/mol. The van der Waals surface area contributed by atoms with Crippen LogP contribution in [0.5, 0.6) is 0 Å². The summed E-state index contributed by atoms with van der Waals surface area (Å²) in [7, 11) is 2.03. The molecule has 1 aromatic heterocycles. The van der Waals surface area contributed by atoms with Gasteiger partial charge in [-0.25, -0.2) is 9.37 Å². The third-order valence-corrected chi connectivity index (χ3v) is 5.09. The number of halogens is 1. The van der Waals surface area contributed by atoms with Crippen LogP contribution in [0, 0.1) is 5.82 Å². The fourth-order valence-corrected chi connectivity index (χ4v) is 3.85. The van der Waals surface area contributed by atoms with Crippen molar-refractivity contribution in [1.82, 2.24) is 14.5 Å². The van der Waals surface area contributed by atoms with Gasteiger partial charge in [-0.1, -0.05) is 6.07 Å². The highest BCUT2D eigenvalue weighted by Crippen LogP contribution is 2.36. The zero-order valence-electron chi connectivity index (χ0n) is 13.9. The van der Waals surface area contributed by atoms with E-state index in [0.717, 1.165) is 44.0 Å². The Kier molecular flexibility index (Phi) is 4.02. The molecule has 1 N–H and O–H groups in total. The minimum atomic E-state index is -0.212. The van der Waals surface area contributed by atoms with E-state index in [1.807, 2.05) is 25.5 Å². The summed E-state index contributed by atoms with van der Waals surface area (Å²) in [5, 5.41) is 3.40. The van der Waals surface area contributed by atoms with Crippen LogP contribution in [0.4, 0.5) is 10.1 Å². The number of nitrogens with one attached hydrogen (secondary N) is 1. The highest BCUT2D eigenvalue weighted by atomic mass is 19.1. The van der Waals surface area contributed by atoms with E-state index in [2.05, 4.69) is 19.8 Å². The van der Waals surface area contributed by atoms with Crippen LogP contribution in [-0.4, -0.2) is 45.8 Å². The van der Waals surface area contributed by atoms with E-state index in [4.69, 9.17) is 4.74 Å². The van der Waals surface area contributed by atoms with Gasteiger partial charge in [-0.15, -0.1) is 0 Å². The Morgan fingerprint density at radius 3 is 3.17 bits per heavy atom. The average Bonchev–Trinajstić information content (AvgIpc) is 3.24. The maximum absolute atomic E-state index is 13.3. The predicted molar refractivity (Wildman–Crippen MR) is 90.2 cm³/mol. The number of anilines is 1. The number of aromatic nitrogens is 2. The molecule has 2 saturated heterocycles. The average molecular weight is 330 g/mol. The molecule has 0 saturated carbocycles. The van der Waals surface area contributed by atoms with Crippen molar-refractivity contribution in [3.05, 3.63) is 48.3 Å². The van der Waals surface area contributed by atoms with Gasteiger partial charge in [0.15, 0.2) is 0 Å². The molecule has 2 aliphatic heterocycles. The third kappa shape index (κ3) is 3.16. The van der Waals surface area contributed by atoms with E-state index in [9.17, 15) is 4.39 Å². The zero-order chi connectivity index (χ0) is 16.6. The first kappa shape index (κ1) is 15.6. The molecule has 0 aliphatic carbocycles. The molecular weight excluding hydrogens is 307 g/mol. The number of rotatable bonds is 4. The Hall–Kier alpha value is -1.92. The van der Waals surface area contributed by atoms with Crippen molar-refractivity contribution in [2.45, 2.75) is 31.0 Å². The van der Waals surface area contributed by atoms with Crippen molar-refractivity contribution in [2.24, 2.45) is 7.05 Å². The molecule has 24 heavy (non-hydrogen) atoms. The first-order chi connectivity index (χ1) is 11.6. The number of ether oxygens (including phenoxy) is 1. The quantitative estimate of drug-likeness (QED) is 0.935. The molecule has 0 unspecified atom stereocenters. The first-order valence-corrected chi connectivity index (χ1v) is 8.47. The lowest BCUT2D eigenvalue weighted by Gasteiger charge is -2.23. The minimum Gasteiger partial charge on any atom is -0.380 e. The normalized spacial score (nSPS) is 27.2. The number of hydrogen-bond acceptors (Lipinski definition) is 4. The summed E-state index contributed by atoms with van der Waals surface area (Å²) in [5.41, 5.74) is 0.749. The van der Waals surface area contributed by atoms with Gasteiger partial charge in [0.2, 0.25) is 0 Å². The van der Waals surface area contributed by atoms with Crippen LogP contribution in [0.25, 0.3) is 0 Å². The van der Waals surface area contributed by atoms with Gasteiger partial charge in [-0.2, -0.15) is 0 Å². The molecule has 2 aromatic rings. The van der Waals surface area contributed by atoms with Gasteiger partial charge >= 0.3 is 0 Å². The lowest BCUT2D eigenvalue weighted by molar-refractivity contribution is 0.0117. The lowest BCUT2D eigenvalue weighted by atomic mass is 9.97. The number of benzene rings is 1. The summed E-state index contributed by atoms with van der Waals surface area (Å²) in [6, 6.07) is 6.86. The van der Waals surface area contributed by atoms with Gasteiger partial charge in [0.25, 0.3) is 0 Å². The first-order valence-electron chi connectivity index (χ1n) is 8.47. The lowest BCUT2D eigenvalue weighted by Crippen LogP contribution is -2.33. The van der Waals surface area contributed by atoms with Crippen molar-refractivity contribution in [3.63, 3.8) is 0 Å². The van der Waals surface area contributed by atoms with Crippen LogP contribution in [-0.2, 0) is 18.3 Å². The van der Waals surface area contributed by atoms with E-state index in [-0.39, 0.29) is 17.5 Å². The summed E-state index contributed by atoms with van der Waals surface area (Å²) in [4.78, 5) is 6.82. The highest BCUT2D eigenvalue weighted by Gasteiger charge is 2.45. The van der Waals surface area contributed by atoms with Gasteiger partial charge in [0.05, 0.1) is 24.8 Å². The Balaban J connectivity index is 1.35. The number of likely N-dealkylation sites (tertiary alicyclic amines) is 1. The molecule has 1 aromatic carbocycles. The number of aryl methyl sites for hydroxylation is 1. The Bertz CT molecular complexity index is 719. The van der Waals surface area contributed by atoms with Gasteiger partial charge < -0.3 is 14.6 Å². The fraction of sp³-hybridized carbons (Fsp3) is 0.500. The van der Waals surface area contributed by atoms with Crippen LogP contribution < -0.4 is 5.32 Å². The van der Waals surface area contributed by atoms with Crippen LogP contribution in [0.3, 0.4) is 0 Å². The molecule has 4 rings (SSSR count). The van der Waals surface area contributed by atoms with E-state index in [0.29, 0.717) is 6.61 Å². The van der Waals surface area contributed by atoms with Gasteiger partial charge in [-0.3, -0.25) is 4.90 Å². The van der Waals surface area contributed by atoms with Crippen LogP contribution >= 0.6 is 0 Å². The molecule has 3 heterocycles. The maximum atomic E-state index is 13.3. The molecular formula is C18H23FN4O. The van der Waals surface area contributed by atoms with Gasteiger partial charge in [0, 0.05) is 44.6 Å². The molecule has 2 fully saturated rings. The molecule has 1 spiro atoms. The van der Waals surface area contributed by atoms with Crippen molar-refractivity contribution < 1.29 is 9.13 Å². The number of hydrogen-bond donors (Lipinski definition) is 1. The van der Waals surface area contributed by atoms with Gasteiger partial charge in [0.1, 0.15) is 11.6 Å². The maximum Gasteiger partial charge on any atom is 0.125 e. The molecule has 5 nitrogen and oxygen atoms in total. The second-order valence-corrected chi connectivity index (χ2v) is 6.96. The van der Waals surface area contributed by atoms with Crippen LogP contribution in [0.2, 0.25) is 0 Å². The molecule has 2 aliphatic rings.